The zero-order valence-electron chi connectivity index (χ0n) is 18.0. The number of alkyl halides is 3. The zero-order valence-corrected chi connectivity index (χ0v) is 18.0. The maximum absolute atomic E-state index is 13.2. The van der Waals surface area contributed by atoms with Crippen molar-refractivity contribution in [2.45, 2.75) is 38.4 Å². The van der Waals surface area contributed by atoms with Gasteiger partial charge in [0.1, 0.15) is 17.1 Å². The minimum atomic E-state index is -4.58. The number of benzene rings is 1. The Bertz CT molecular complexity index is 1290. The molecule has 5 rings (SSSR count). The molecule has 0 saturated carbocycles. The number of halogens is 3. The van der Waals surface area contributed by atoms with Gasteiger partial charge < -0.3 is 9.30 Å². The van der Waals surface area contributed by atoms with Crippen LogP contribution in [0.1, 0.15) is 42.5 Å². The summed E-state index contributed by atoms with van der Waals surface area (Å²) in [6, 6.07) is 9.32. The molecule has 0 amide bonds. The van der Waals surface area contributed by atoms with Crippen LogP contribution in [0.5, 0.6) is 5.75 Å². The Morgan fingerprint density at radius 1 is 1.15 bits per heavy atom. The number of aromatic nitrogens is 6. The summed E-state index contributed by atoms with van der Waals surface area (Å²) in [6.07, 6.45) is 0.390. The normalized spacial score (nSPS) is 15.6. The largest absolute Gasteiger partial charge is 0.493 e. The van der Waals surface area contributed by atoms with E-state index in [0.29, 0.717) is 30.5 Å². The quantitative estimate of drug-likeness (QED) is 0.457. The van der Waals surface area contributed by atoms with Gasteiger partial charge in [-0.05, 0) is 29.7 Å². The van der Waals surface area contributed by atoms with E-state index in [2.05, 4.69) is 46.3 Å². The first kappa shape index (κ1) is 21.2. The predicted molar refractivity (Wildman–Crippen MR) is 115 cm³/mol. The summed E-state index contributed by atoms with van der Waals surface area (Å²) in [4.78, 5) is 8.70. The molecule has 4 heterocycles. The van der Waals surface area contributed by atoms with E-state index in [1.54, 1.807) is 6.33 Å². The molecule has 10 heteroatoms. The van der Waals surface area contributed by atoms with Gasteiger partial charge in [-0.3, -0.25) is 10.1 Å². The Morgan fingerprint density at radius 3 is 2.79 bits per heavy atom. The van der Waals surface area contributed by atoms with E-state index < -0.39 is 11.9 Å². The lowest BCUT2D eigenvalue weighted by Gasteiger charge is -2.12. The third-order valence-corrected chi connectivity index (χ3v) is 5.77. The zero-order chi connectivity index (χ0) is 23.2. The van der Waals surface area contributed by atoms with Gasteiger partial charge in [-0.1, -0.05) is 31.2 Å². The predicted octanol–water partition coefficient (Wildman–Crippen LogP) is 5.05. The smallest absolute Gasteiger partial charge is 0.435 e. The number of nitrogens with one attached hydrogen (secondary N) is 1. The Labute approximate surface area is 187 Å². The molecule has 3 aromatic heterocycles. The molecule has 0 saturated heterocycles. The molecule has 0 fully saturated rings. The van der Waals surface area contributed by atoms with Gasteiger partial charge in [0, 0.05) is 36.0 Å². The van der Waals surface area contributed by atoms with Gasteiger partial charge in [-0.2, -0.15) is 13.2 Å². The highest BCUT2D eigenvalue weighted by Gasteiger charge is 2.37. The lowest BCUT2D eigenvalue weighted by Crippen LogP contribution is -2.09. The lowest BCUT2D eigenvalue weighted by atomic mass is 9.95. The van der Waals surface area contributed by atoms with E-state index in [-0.39, 0.29) is 17.2 Å². The van der Waals surface area contributed by atoms with Crippen LogP contribution in [0.3, 0.4) is 0 Å². The molecule has 1 atom stereocenters. The molecule has 4 aromatic rings. The number of ether oxygens (including phenoxy) is 1. The van der Waals surface area contributed by atoms with Crippen LogP contribution < -0.4 is 4.74 Å². The Balaban J connectivity index is 1.39. The van der Waals surface area contributed by atoms with E-state index >= 15 is 0 Å². The molecule has 7 nitrogen and oxygen atoms in total. The van der Waals surface area contributed by atoms with E-state index in [0.717, 1.165) is 5.75 Å². The number of aromatic amines is 1. The van der Waals surface area contributed by atoms with Gasteiger partial charge in [0.25, 0.3) is 0 Å². The minimum Gasteiger partial charge on any atom is -0.493 e. The molecule has 33 heavy (non-hydrogen) atoms. The van der Waals surface area contributed by atoms with Crippen molar-refractivity contribution in [1.29, 1.82) is 0 Å². The Morgan fingerprint density at radius 2 is 2.00 bits per heavy atom. The van der Waals surface area contributed by atoms with Crippen LogP contribution >= 0.6 is 0 Å². The monoisotopic (exact) mass is 454 g/mol. The number of H-pyrrole nitrogens is 1. The molecule has 0 aliphatic carbocycles. The molecule has 1 aliphatic rings. The second-order valence-electron chi connectivity index (χ2n) is 8.38. The van der Waals surface area contributed by atoms with Crippen LogP contribution in [-0.4, -0.2) is 36.6 Å². The average molecular weight is 454 g/mol. The fraction of sp³-hybridized carbons (Fsp3) is 0.304. The van der Waals surface area contributed by atoms with E-state index in [1.165, 1.54) is 29.5 Å². The molecule has 0 unspecified atom stereocenters. The van der Waals surface area contributed by atoms with Crippen LogP contribution in [-0.2, 0) is 12.7 Å². The standard InChI is InChI=1S/C23H21F3N6O/c1-13(2)14-3-4-20-17(7-14)16(11-33-20)9-32-10-19(28-12-32)18-8-15(5-6-27-18)21-22(23(24,25)26)30-31-29-21/h3-8,10,12-13,16H,9,11H2,1-2H3,(H,29,30,31)/t16-/m1/s1. The van der Waals surface area contributed by atoms with Crippen molar-refractivity contribution in [2.75, 3.05) is 6.61 Å². The van der Waals surface area contributed by atoms with Crippen molar-refractivity contribution in [3.05, 3.63) is 65.9 Å². The molecule has 0 bridgehead atoms. The molecule has 0 spiro atoms. The van der Waals surface area contributed by atoms with Gasteiger partial charge in [0.15, 0.2) is 5.69 Å². The third kappa shape index (κ3) is 4.08. The van der Waals surface area contributed by atoms with Crippen LogP contribution in [0, 0.1) is 0 Å². The number of fused-ring (bicyclic) bond motifs is 1. The first-order valence-electron chi connectivity index (χ1n) is 10.5. The van der Waals surface area contributed by atoms with E-state index in [4.69, 9.17) is 4.74 Å². The number of hydrogen-bond donors (Lipinski definition) is 1. The van der Waals surface area contributed by atoms with Crippen molar-refractivity contribution in [3.8, 4) is 28.4 Å². The summed E-state index contributed by atoms with van der Waals surface area (Å²) in [5.74, 6) is 1.52. The SMILES string of the molecule is CC(C)c1ccc2c(c1)[C@H](Cn1cnc(-c3cc(-c4nn[nH]c4C(F)(F)F)ccn3)c1)CO2. The first-order valence-corrected chi connectivity index (χ1v) is 10.5. The van der Waals surface area contributed by atoms with Crippen LogP contribution in [0.15, 0.2) is 49.1 Å². The summed E-state index contributed by atoms with van der Waals surface area (Å²) in [6.45, 7) is 5.58. The number of hydrogen-bond acceptors (Lipinski definition) is 5. The fourth-order valence-electron chi connectivity index (χ4n) is 4.00. The second kappa shape index (κ2) is 8.02. The molecule has 0 radical (unpaired) electrons. The molecule has 170 valence electrons. The van der Waals surface area contributed by atoms with E-state index in [1.807, 2.05) is 21.9 Å². The van der Waals surface area contributed by atoms with Crippen LogP contribution in [0.4, 0.5) is 13.2 Å². The second-order valence-corrected chi connectivity index (χ2v) is 8.38. The van der Waals surface area contributed by atoms with Gasteiger partial charge in [0.05, 0.1) is 18.6 Å². The van der Waals surface area contributed by atoms with Crippen molar-refractivity contribution in [2.24, 2.45) is 0 Å². The lowest BCUT2D eigenvalue weighted by molar-refractivity contribution is -0.140. The highest BCUT2D eigenvalue weighted by Crippen LogP contribution is 2.37. The van der Waals surface area contributed by atoms with Gasteiger partial charge in [-0.15, -0.1) is 5.10 Å². The highest BCUT2D eigenvalue weighted by atomic mass is 19.4. The maximum atomic E-state index is 13.2. The number of imidazole rings is 1. The molecule has 1 N–H and O–H groups in total. The highest BCUT2D eigenvalue weighted by molar-refractivity contribution is 5.67. The van der Waals surface area contributed by atoms with Gasteiger partial charge in [0.2, 0.25) is 0 Å². The Kier molecular flexibility index (Phi) is 5.15. The molecular formula is C23H21F3N6O. The van der Waals surface area contributed by atoms with Gasteiger partial charge >= 0.3 is 6.18 Å². The fourth-order valence-corrected chi connectivity index (χ4v) is 4.00. The van der Waals surface area contributed by atoms with E-state index in [9.17, 15) is 13.2 Å². The summed E-state index contributed by atoms with van der Waals surface area (Å²) in [5.41, 5.74) is 2.45. The van der Waals surface area contributed by atoms with Gasteiger partial charge in [-0.25, -0.2) is 4.98 Å². The van der Waals surface area contributed by atoms with Crippen molar-refractivity contribution >= 4 is 0 Å². The van der Waals surface area contributed by atoms with Crippen LogP contribution in [0.2, 0.25) is 0 Å². The summed E-state index contributed by atoms with van der Waals surface area (Å²) in [5, 5.41) is 8.86. The third-order valence-electron chi connectivity index (χ3n) is 5.77. The first-order chi connectivity index (χ1) is 15.8. The summed E-state index contributed by atoms with van der Waals surface area (Å²) in [7, 11) is 0. The Hall–Kier alpha value is -3.69. The van der Waals surface area contributed by atoms with Crippen molar-refractivity contribution < 1.29 is 17.9 Å². The average Bonchev–Trinajstić information content (AvgIpc) is 3.53. The van der Waals surface area contributed by atoms with Crippen LogP contribution in [0.25, 0.3) is 22.6 Å². The van der Waals surface area contributed by atoms with Crippen molar-refractivity contribution in [1.82, 2.24) is 29.9 Å². The van der Waals surface area contributed by atoms with Crippen molar-refractivity contribution in [3.63, 3.8) is 0 Å². The summed E-state index contributed by atoms with van der Waals surface area (Å²) < 4.78 is 47.4. The molecule has 1 aromatic carbocycles. The number of pyridine rings is 1. The minimum absolute atomic E-state index is 0.185. The maximum Gasteiger partial charge on any atom is 0.435 e. The molecule has 1 aliphatic heterocycles. The topological polar surface area (TPSA) is 81.5 Å². The molecular weight excluding hydrogens is 433 g/mol. The number of nitrogens with zero attached hydrogens (tertiary/aromatic N) is 5. The number of rotatable bonds is 5. The summed E-state index contributed by atoms with van der Waals surface area (Å²) >= 11 is 0.